The van der Waals surface area contributed by atoms with Crippen molar-refractivity contribution >= 4 is 0 Å². The lowest BCUT2D eigenvalue weighted by Gasteiger charge is -2.29. The third kappa shape index (κ3) is 34.7. The van der Waals surface area contributed by atoms with Crippen molar-refractivity contribution in [3.63, 3.8) is 0 Å². The quantitative estimate of drug-likeness (QED) is 0.0619. The van der Waals surface area contributed by atoms with E-state index >= 15 is 0 Å². The van der Waals surface area contributed by atoms with E-state index in [0.717, 1.165) is 5.92 Å². The Labute approximate surface area is 276 Å². The monoisotopic (exact) mass is 605 g/mol. The average molecular weight is 605 g/mol. The smallest absolute Gasteiger partial charge is 0.0354 e. The second kappa shape index (κ2) is 34.9. The van der Waals surface area contributed by atoms with Gasteiger partial charge in [0.15, 0.2) is 0 Å². The maximum Gasteiger partial charge on any atom is -0.0354 e. The summed E-state index contributed by atoms with van der Waals surface area (Å²) in [7, 11) is 0. The van der Waals surface area contributed by atoms with Gasteiger partial charge in [0.25, 0.3) is 0 Å². The predicted octanol–water partition coefficient (Wildman–Crippen LogP) is 16.7. The van der Waals surface area contributed by atoms with Gasteiger partial charge in [-0.3, -0.25) is 0 Å². The average Bonchev–Trinajstić information content (AvgIpc) is 3.00. The highest BCUT2D eigenvalue weighted by atomic mass is 14.3. The second-order valence-corrected chi connectivity index (χ2v) is 15.8. The molecule has 0 rings (SSSR count). The van der Waals surface area contributed by atoms with Crippen LogP contribution in [-0.4, -0.2) is 0 Å². The summed E-state index contributed by atoms with van der Waals surface area (Å²) in [6.07, 6.45) is 53.0. The zero-order chi connectivity index (χ0) is 31.5. The molecule has 0 heterocycles. The number of hydrogen-bond donors (Lipinski definition) is 0. The molecule has 0 spiro atoms. The molecule has 43 heavy (non-hydrogen) atoms. The molecule has 260 valence electrons. The van der Waals surface area contributed by atoms with Crippen LogP contribution in [0, 0.1) is 11.3 Å². The van der Waals surface area contributed by atoms with Gasteiger partial charge in [-0.1, -0.05) is 259 Å². The van der Waals surface area contributed by atoms with E-state index in [4.69, 9.17) is 0 Å². The largest absolute Gasteiger partial charge is 0.0654 e. The molecule has 0 saturated carbocycles. The zero-order valence-corrected chi connectivity index (χ0v) is 31.5. The van der Waals surface area contributed by atoms with Crippen LogP contribution in [0.1, 0.15) is 266 Å². The van der Waals surface area contributed by atoms with Crippen LogP contribution in [0.15, 0.2) is 0 Å². The summed E-state index contributed by atoms with van der Waals surface area (Å²) >= 11 is 0. The molecule has 0 aliphatic heterocycles. The van der Waals surface area contributed by atoms with E-state index < -0.39 is 0 Å². The Morgan fingerprint density at radius 1 is 0.302 bits per heavy atom. The topological polar surface area (TPSA) is 0 Å². The van der Waals surface area contributed by atoms with Crippen molar-refractivity contribution in [3.05, 3.63) is 0 Å². The molecule has 0 heteroatoms. The first-order valence-corrected chi connectivity index (χ1v) is 21.1. The Hall–Kier alpha value is 0. The molecule has 0 N–H and O–H groups in total. The highest BCUT2D eigenvalue weighted by molar-refractivity contribution is 4.73. The SMILES string of the molecule is CCCCCCCCCCCCCCCCCCCC(CCCCCCCCCCCCCCCCC)CC(C)(C)CC. The highest BCUT2D eigenvalue weighted by Crippen LogP contribution is 2.34. The minimum Gasteiger partial charge on any atom is -0.0654 e. The second-order valence-electron chi connectivity index (χ2n) is 15.8. The van der Waals surface area contributed by atoms with Crippen LogP contribution in [-0.2, 0) is 0 Å². The van der Waals surface area contributed by atoms with Crippen LogP contribution in [0.3, 0.4) is 0 Å². The molecule has 0 saturated heterocycles. The maximum absolute atomic E-state index is 2.51. The van der Waals surface area contributed by atoms with Gasteiger partial charge >= 0.3 is 0 Å². The van der Waals surface area contributed by atoms with E-state index in [1.54, 1.807) is 0 Å². The molecule has 0 aliphatic carbocycles. The summed E-state index contributed by atoms with van der Waals surface area (Å²) in [4.78, 5) is 0. The van der Waals surface area contributed by atoms with E-state index in [-0.39, 0.29) is 0 Å². The molecule has 0 bridgehead atoms. The Morgan fingerprint density at radius 2 is 0.512 bits per heavy atom. The number of unbranched alkanes of at least 4 members (excludes halogenated alkanes) is 30. The van der Waals surface area contributed by atoms with Crippen molar-refractivity contribution < 1.29 is 0 Å². The molecule has 0 nitrogen and oxygen atoms in total. The summed E-state index contributed by atoms with van der Waals surface area (Å²) in [5.41, 5.74) is 0.537. The van der Waals surface area contributed by atoms with Crippen molar-refractivity contribution in [2.75, 3.05) is 0 Å². The van der Waals surface area contributed by atoms with E-state index in [9.17, 15) is 0 Å². The number of rotatable bonds is 37. The maximum atomic E-state index is 2.51. The van der Waals surface area contributed by atoms with Gasteiger partial charge in [0, 0.05) is 0 Å². The molecule has 0 fully saturated rings. The molecule has 0 radical (unpaired) electrons. The van der Waals surface area contributed by atoms with Gasteiger partial charge in [-0.15, -0.1) is 0 Å². The molecule has 0 aromatic carbocycles. The molecular formula is C43H88. The summed E-state index contributed by atoms with van der Waals surface area (Å²) in [5.74, 6) is 0.980. The highest BCUT2D eigenvalue weighted by Gasteiger charge is 2.21. The van der Waals surface area contributed by atoms with Crippen molar-refractivity contribution in [2.24, 2.45) is 11.3 Å². The Bertz CT molecular complexity index is 490. The first-order valence-electron chi connectivity index (χ1n) is 21.1. The van der Waals surface area contributed by atoms with Crippen molar-refractivity contribution in [1.29, 1.82) is 0 Å². The summed E-state index contributed by atoms with van der Waals surface area (Å²) in [6, 6.07) is 0. The van der Waals surface area contributed by atoms with E-state index in [0.29, 0.717) is 5.41 Å². The van der Waals surface area contributed by atoms with Crippen LogP contribution >= 0.6 is 0 Å². The van der Waals surface area contributed by atoms with Crippen LogP contribution in [0.2, 0.25) is 0 Å². The third-order valence-electron chi connectivity index (χ3n) is 10.7. The molecule has 1 atom stereocenters. The Balaban J connectivity index is 3.66. The fraction of sp³-hybridized carbons (Fsp3) is 1.00. The van der Waals surface area contributed by atoms with Gasteiger partial charge in [0.05, 0.1) is 0 Å². The minimum absolute atomic E-state index is 0.537. The standard InChI is InChI=1S/C43H88/c1-6-9-11-13-15-17-19-21-23-24-26-28-30-32-34-36-38-40-42(41-43(4,5)8-3)39-37-35-33-31-29-27-25-22-20-18-16-14-12-10-7-2/h42H,6-41H2,1-5H3. The lowest BCUT2D eigenvalue weighted by atomic mass is 9.77. The molecule has 0 amide bonds. The molecule has 1 unspecified atom stereocenters. The lowest BCUT2D eigenvalue weighted by molar-refractivity contribution is 0.231. The molecular weight excluding hydrogens is 516 g/mol. The van der Waals surface area contributed by atoms with Gasteiger partial charge in [-0.05, 0) is 17.8 Å². The first-order chi connectivity index (χ1) is 21.1. The first kappa shape index (κ1) is 43.0. The number of hydrogen-bond acceptors (Lipinski definition) is 0. The van der Waals surface area contributed by atoms with Crippen molar-refractivity contribution in [1.82, 2.24) is 0 Å². The Morgan fingerprint density at radius 3 is 0.721 bits per heavy atom. The molecule has 0 aromatic heterocycles. The lowest BCUT2D eigenvalue weighted by Crippen LogP contribution is -2.16. The summed E-state index contributed by atoms with van der Waals surface area (Å²) < 4.78 is 0. The fourth-order valence-corrected chi connectivity index (χ4v) is 7.24. The van der Waals surface area contributed by atoms with Crippen LogP contribution in [0.25, 0.3) is 0 Å². The van der Waals surface area contributed by atoms with Gasteiger partial charge in [-0.2, -0.15) is 0 Å². The van der Waals surface area contributed by atoms with Gasteiger partial charge in [-0.25, -0.2) is 0 Å². The fourth-order valence-electron chi connectivity index (χ4n) is 7.24. The van der Waals surface area contributed by atoms with E-state index in [2.05, 4.69) is 34.6 Å². The molecule has 0 aliphatic rings. The van der Waals surface area contributed by atoms with Gasteiger partial charge < -0.3 is 0 Å². The summed E-state index contributed by atoms with van der Waals surface area (Å²) in [5, 5.41) is 0. The Kier molecular flexibility index (Phi) is 34.9. The zero-order valence-electron chi connectivity index (χ0n) is 31.5. The van der Waals surface area contributed by atoms with Crippen LogP contribution in [0.4, 0.5) is 0 Å². The van der Waals surface area contributed by atoms with Gasteiger partial charge in [0.2, 0.25) is 0 Å². The summed E-state index contributed by atoms with van der Waals surface area (Å²) in [6.45, 7) is 12.1. The van der Waals surface area contributed by atoms with Crippen LogP contribution in [0.5, 0.6) is 0 Å². The minimum atomic E-state index is 0.537. The van der Waals surface area contributed by atoms with Gasteiger partial charge in [0.1, 0.15) is 0 Å². The molecule has 0 aromatic rings. The van der Waals surface area contributed by atoms with Crippen LogP contribution < -0.4 is 0 Å². The third-order valence-corrected chi connectivity index (χ3v) is 10.7. The van der Waals surface area contributed by atoms with Crippen molar-refractivity contribution in [3.8, 4) is 0 Å². The normalized spacial score (nSPS) is 12.8. The van der Waals surface area contributed by atoms with E-state index in [1.165, 1.54) is 231 Å². The van der Waals surface area contributed by atoms with Crippen molar-refractivity contribution in [2.45, 2.75) is 266 Å². The van der Waals surface area contributed by atoms with E-state index in [1.807, 2.05) is 0 Å². The predicted molar refractivity (Wildman–Crippen MR) is 201 cm³/mol.